The van der Waals surface area contributed by atoms with Crippen molar-refractivity contribution in [2.24, 2.45) is 0 Å². The van der Waals surface area contributed by atoms with E-state index in [1.54, 1.807) is 0 Å². The molecule has 2 rings (SSSR count). The van der Waals surface area contributed by atoms with Crippen molar-refractivity contribution >= 4 is 31.9 Å². The molecular formula is C15H22Br2N2. The molecule has 1 aromatic rings. The number of halogens is 2. The standard InChI is InChI=1S/C15H22Br2N2/c1-19(13-4-2-3-5-13)9-8-18-11-12-6-7-14(16)15(17)10-12/h6-7,10,13,18H,2-5,8-9,11H2,1H3. The highest BCUT2D eigenvalue weighted by molar-refractivity contribution is 9.13. The van der Waals surface area contributed by atoms with Crippen LogP contribution in [0.2, 0.25) is 0 Å². The van der Waals surface area contributed by atoms with Crippen LogP contribution in [-0.4, -0.2) is 31.1 Å². The smallest absolute Gasteiger partial charge is 0.0320 e. The van der Waals surface area contributed by atoms with Crippen LogP contribution in [0.1, 0.15) is 31.2 Å². The summed E-state index contributed by atoms with van der Waals surface area (Å²) in [6.07, 6.45) is 5.59. The molecule has 0 saturated heterocycles. The molecule has 19 heavy (non-hydrogen) atoms. The van der Waals surface area contributed by atoms with Gasteiger partial charge < -0.3 is 10.2 Å². The van der Waals surface area contributed by atoms with Gasteiger partial charge in [0.2, 0.25) is 0 Å². The van der Waals surface area contributed by atoms with Gasteiger partial charge in [-0.25, -0.2) is 0 Å². The molecule has 1 aromatic carbocycles. The second-order valence-corrected chi connectivity index (χ2v) is 7.05. The summed E-state index contributed by atoms with van der Waals surface area (Å²) in [5, 5.41) is 3.52. The number of hydrogen-bond acceptors (Lipinski definition) is 2. The van der Waals surface area contributed by atoms with Gasteiger partial charge in [-0.3, -0.25) is 0 Å². The van der Waals surface area contributed by atoms with E-state index < -0.39 is 0 Å². The van der Waals surface area contributed by atoms with E-state index in [1.807, 2.05) is 0 Å². The SMILES string of the molecule is CN(CCNCc1ccc(Br)c(Br)c1)C1CCCC1. The second-order valence-electron chi connectivity index (χ2n) is 5.34. The third-order valence-electron chi connectivity index (χ3n) is 3.90. The van der Waals surface area contributed by atoms with Crippen LogP contribution in [0.15, 0.2) is 27.1 Å². The topological polar surface area (TPSA) is 15.3 Å². The average molecular weight is 390 g/mol. The fraction of sp³-hybridized carbons (Fsp3) is 0.600. The molecule has 0 unspecified atom stereocenters. The number of nitrogens with zero attached hydrogens (tertiary/aromatic N) is 1. The maximum atomic E-state index is 3.54. The minimum Gasteiger partial charge on any atom is -0.311 e. The minimum absolute atomic E-state index is 0.823. The first-order valence-corrected chi connectivity index (χ1v) is 8.60. The Morgan fingerprint density at radius 2 is 1.95 bits per heavy atom. The minimum atomic E-state index is 0.823. The van der Waals surface area contributed by atoms with Gasteiger partial charge in [-0.2, -0.15) is 0 Å². The normalized spacial score (nSPS) is 16.4. The van der Waals surface area contributed by atoms with E-state index in [-0.39, 0.29) is 0 Å². The maximum Gasteiger partial charge on any atom is 0.0320 e. The van der Waals surface area contributed by atoms with Crippen molar-refractivity contribution < 1.29 is 0 Å². The molecule has 0 heterocycles. The van der Waals surface area contributed by atoms with Crippen molar-refractivity contribution in [3.05, 3.63) is 32.7 Å². The van der Waals surface area contributed by atoms with E-state index in [9.17, 15) is 0 Å². The van der Waals surface area contributed by atoms with Crippen LogP contribution in [0.4, 0.5) is 0 Å². The van der Waals surface area contributed by atoms with Crippen LogP contribution in [-0.2, 0) is 6.54 Å². The Morgan fingerprint density at radius 1 is 1.21 bits per heavy atom. The summed E-state index contributed by atoms with van der Waals surface area (Å²) in [5.74, 6) is 0. The van der Waals surface area contributed by atoms with E-state index >= 15 is 0 Å². The molecule has 4 heteroatoms. The van der Waals surface area contributed by atoms with Gasteiger partial charge in [-0.05, 0) is 69.4 Å². The number of nitrogens with one attached hydrogen (secondary N) is 1. The van der Waals surface area contributed by atoms with Crippen molar-refractivity contribution in [3.8, 4) is 0 Å². The predicted molar refractivity (Wildman–Crippen MR) is 88.4 cm³/mol. The van der Waals surface area contributed by atoms with Crippen LogP contribution in [0.5, 0.6) is 0 Å². The van der Waals surface area contributed by atoms with Crippen LogP contribution < -0.4 is 5.32 Å². The first-order valence-electron chi connectivity index (χ1n) is 7.01. The summed E-state index contributed by atoms with van der Waals surface area (Å²) in [4.78, 5) is 2.51. The first-order chi connectivity index (χ1) is 9.16. The Balaban J connectivity index is 1.67. The molecule has 1 N–H and O–H groups in total. The Bertz CT molecular complexity index is 403. The zero-order valence-corrected chi connectivity index (χ0v) is 14.6. The zero-order chi connectivity index (χ0) is 13.7. The first kappa shape index (κ1) is 15.5. The second kappa shape index (κ2) is 7.77. The molecule has 1 aliphatic carbocycles. The summed E-state index contributed by atoms with van der Waals surface area (Å²) in [6.45, 7) is 3.13. The van der Waals surface area contributed by atoms with E-state index in [0.29, 0.717) is 0 Å². The van der Waals surface area contributed by atoms with E-state index in [2.05, 4.69) is 67.3 Å². The highest BCUT2D eigenvalue weighted by Crippen LogP contribution is 2.24. The Morgan fingerprint density at radius 3 is 2.63 bits per heavy atom. The van der Waals surface area contributed by atoms with Gasteiger partial charge in [0.1, 0.15) is 0 Å². The fourth-order valence-corrected chi connectivity index (χ4v) is 3.34. The van der Waals surface area contributed by atoms with E-state index in [4.69, 9.17) is 0 Å². The van der Waals surface area contributed by atoms with E-state index in [1.165, 1.54) is 31.2 Å². The number of rotatable bonds is 6. The molecule has 1 saturated carbocycles. The molecule has 0 aromatic heterocycles. The average Bonchev–Trinajstić information content (AvgIpc) is 2.92. The van der Waals surface area contributed by atoms with Gasteiger partial charge in [-0.1, -0.05) is 18.9 Å². The molecule has 0 spiro atoms. The molecule has 0 atom stereocenters. The number of benzene rings is 1. The van der Waals surface area contributed by atoms with Crippen LogP contribution in [0.3, 0.4) is 0 Å². The number of hydrogen-bond donors (Lipinski definition) is 1. The van der Waals surface area contributed by atoms with Gasteiger partial charge in [-0.15, -0.1) is 0 Å². The lowest BCUT2D eigenvalue weighted by Gasteiger charge is -2.24. The quantitative estimate of drug-likeness (QED) is 0.734. The van der Waals surface area contributed by atoms with Gasteiger partial charge in [0, 0.05) is 34.6 Å². The van der Waals surface area contributed by atoms with Crippen molar-refractivity contribution in [3.63, 3.8) is 0 Å². The summed E-state index contributed by atoms with van der Waals surface area (Å²) >= 11 is 7.03. The lowest BCUT2D eigenvalue weighted by Crippen LogP contribution is -2.35. The molecule has 0 bridgehead atoms. The van der Waals surface area contributed by atoms with Crippen molar-refractivity contribution in [1.82, 2.24) is 10.2 Å². The van der Waals surface area contributed by atoms with Gasteiger partial charge >= 0.3 is 0 Å². The fourth-order valence-electron chi connectivity index (χ4n) is 2.67. The van der Waals surface area contributed by atoms with Gasteiger partial charge in [0.25, 0.3) is 0 Å². The van der Waals surface area contributed by atoms with E-state index in [0.717, 1.165) is 34.6 Å². The maximum absolute atomic E-state index is 3.54. The third-order valence-corrected chi connectivity index (χ3v) is 5.78. The van der Waals surface area contributed by atoms with Crippen molar-refractivity contribution in [2.75, 3.05) is 20.1 Å². The zero-order valence-electron chi connectivity index (χ0n) is 11.5. The molecule has 1 fully saturated rings. The third kappa shape index (κ3) is 4.85. The number of likely N-dealkylation sites (N-methyl/N-ethyl adjacent to an activating group) is 1. The molecule has 0 amide bonds. The van der Waals surface area contributed by atoms with Gasteiger partial charge in [0.05, 0.1) is 0 Å². The highest BCUT2D eigenvalue weighted by Gasteiger charge is 2.18. The summed E-state index contributed by atoms with van der Waals surface area (Å²) in [5.41, 5.74) is 1.32. The largest absolute Gasteiger partial charge is 0.311 e. The molecule has 106 valence electrons. The molecule has 0 aliphatic heterocycles. The van der Waals surface area contributed by atoms with Crippen LogP contribution in [0.25, 0.3) is 0 Å². The predicted octanol–water partition coefficient (Wildman–Crippen LogP) is 4.18. The lowest BCUT2D eigenvalue weighted by molar-refractivity contribution is 0.245. The molecular weight excluding hydrogens is 368 g/mol. The van der Waals surface area contributed by atoms with Crippen LogP contribution in [0, 0.1) is 0 Å². The monoisotopic (exact) mass is 388 g/mol. The van der Waals surface area contributed by atoms with Crippen LogP contribution >= 0.6 is 31.9 Å². The Hall–Kier alpha value is 0.1000. The molecule has 2 nitrogen and oxygen atoms in total. The van der Waals surface area contributed by atoms with Crippen molar-refractivity contribution in [2.45, 2.75) is 38.3 Å². The molecule has 1 aliphatic rings. The molecule has 0 radical (unpaired) electrons. The summed E-state index contributed by atoms with van der Waals surface area (Å²) in [7, 11) is 2.26. The highest BCUT2D eigenvalue weighted by atomic mass is 79.9. The lowest BCUT2D eigenvalue weighted by atomic mass is 10.2. The van der Waals surface area contributed by atoms with Gasteiger partial charge in [0.15, 0.2) is 0 Å². The Labute approximate surface area is 133 Å². The summed E-state index contributed by atoms with van der Waals surface area (Å²) in [6, 6.07) is 7.23. The summed E-state index contributed by atoms with van der Waals surface area (Å²) < 4.78 is 2.23. The Kier molecular flexibility index (Phi) is 6.33. The van der Waals surface area contributed by atoms with Crippen molar-refractivity contribution in [1.29, 1.82) is 0 Å².